The molecule has 2 fully saturated rings. The Morgan fingerprint density at radius 2 is 1.64 bits per heavy atom. The summed E-state index contributed by atoms with van der Waals surface area (Å²) in [5, 5.41) is 2.59. The third-order valence-corrected chi connectivity index (χ3v) is 7.77. The van der Waals surface area contributed by atoms with Crippen LogP contribution in [0.5, 0.6) is 0 Å². The second-order valence-electron chi connectivity index (χ2n) is 9.14. The second kappa shape index (κ2) is 9.75. The highest BCUT2D eigenvalue weighted by Crippen LogP contribution is 2.30. The molecule has 4 heterocycles. The van der Waals surface area contributed by atoms with Crippen LogP contribution in [0.1, 0.15) is 18.4 Å². The molecule has 2 aliphatic heterocycles. The number of fused-ring (bicyclic) bond motifs is 1. The van der Waals surface area contributed by atoms with E-state index in [0.717, 1.165) is 50.4 Å². The maximum Gasteiger partial charge on any atom is 0.263 e. The Hall–Kier alpha value is -2.55. The molecule has 0 bridgehead atoms. The van der Waals surface area contributed by atoms with Crippen molar-refractivity contribution in [3.05, 3.63) is 51.9 Å². The number of benzene rings is 1. The summed E-state index contributed by atoms with van der Waals surface area (Å²) < 4.78 is 1.47. The van der Waals surface area contributed by atoms with Gasteiger partial charge >= 0.3 is 0 Å². The van der Waals surface area contributed by atoms with Crippen molar-refractivity contribution in [1.82, 2.24) is 24.3 Å². The first-order valence-electron chi connectivity index (χ1n) is 11.8. The van der Waals surface area contributed by atoms with Crippen LogP contribution in [-0.4, -0.2) is 82.5 Å². The fourth-order valence-corrected chi connectivity index (χ4v) is 5.69. The standard InChI is InChI=1S/C25H31N5O2S/c1-19-4-6-20(7-5-19)21-17-33-24-23(21)25(32)30(18-26-24)16-22(31)29-14-12-28(13-15-29)11-10-27-8-2-3-9-27/h4-7,17-18H,2-3,8-16H2,1H3. The molecule has 8 heteroatoms. The van der Waals surface area contributed by atoms with Gasteiger partial charge in [0.05, 0.1) is 11.7 Å². The lowest BCUT2D eigenvalue weighted by atomic mass is 10.1. The van der Waals surface area contributed by atoms with Crippen molar-refractivity contribution in [3.8, 4) is 11.1 Å². The maximum atomic E-state index is 13.3. The van der Waals surface area contributed by atoms with E-state index in [0.29, 0.717) is 10.2 Å². The van der Waals surface area contributed by atoms with E-state index in [1.807, 2.05) is 41.5 Å². The summed E-state index contributed by atoms with van der Waals surface area (Å²) in [6, 6.07) is 8.15. The van der Waals surface area contributed by atoms with Gasteiger partial charge in [0.2, 0.25) is 5.91 Å². The molecule has 0 unspecified atom stereocenters. The molecular formula is C25H31N5O2S. The third kappa shape index (κ3) is 4.88. The maximum absolute atomic E-state index is 13.3. The molecule has 2 aromatic heterocycles. The lowest BCUT2D eigenvalue weighted by Crippen LogP contribution is -2.51. The van der Waals surface area contributed by atoms with Crippen molar-refractivity contribution in [2.24, 2.45) is 0 Å². The van der Waals surface area contributed by atoms with E-state index < -0.39 is 0 Å². The van der Waals surface area contributed by atoms with Gasteiger partial charge in [0.15, 0.2) is 0 Å². The predicted octanol–water partition coefficient (Wildman–Crippen LogP) is 2.67. The molecule has 0 atom stereocenters. The van der Waals surface area contributed by atoms with E-state index in [4.69, 9.17) is 0 Å². The fourth-order valence-electron chi connectivity index (χ4n) is 4.78. The topological polar surface area (TPSA) is 61.7 Å². The van der Waals surface area contributed by atoms with Gasteiger partial charge in [-0.3, -0.25) is 19.1 Å². The highest BCUT2D eigenvalue weighted by molar-refractivity contribution is 7.17. The summed E-state index contributed by atoms with van der Waals surface area (Å²) >= 11 is 1.47. The largest absolute Gasteiger partial charge is 0.339 e. The summed E-state index contributed by atoms with van der Waals surface area (Å²) in [4.78, 5) is 38.3. The van der Waals surface area contributed by atoms with Gasteiger partial charge in [0.1, 0.15) is 11.4 Å². The SMILES string of the molecule is Cc1ccc(-c2csc3ncn(CC(=O)N4CCN(CCN5CCCC5)CC4)c(=O)c23)cc1. The monoisotopic (exact) mass is 465 g/mol. The molecule has 2 saturated heterocycles. The molecule has 1 aromatic carbocycles. The van der Waals surface area contributed by atoms with Crippen molar-refractivity contribution in [2.45, 2.75) is 26.3 Å². The molecule has 0 aliphatic carbocycles. The Morgan fingerprint density at radius 1 is 0.970 bits per heavy atom. The smallest absolute Gasteiger partial charge is 0.263 e. The van der Waals surface area contributed by atoms with Crippen LogP contribution in [0, 0.1) is 6.92 Å². The van der Waals surface area contributed by atoms with Crippen molar-refractivity contribution in [2.75, 3.05) is 52.4 Å². The fraction of sp³-hybridized carbons (Fsp3) is 0.480. The van der Waals surface area contributed by atoms with Crippen molar-refractivity contribution < 1.29 is 4.79 Å². The number of piperazine rings is 1. The Labute approximate surface area is 198 Å². The molecule has 1 amide bonds. The third-order valence-electron chi connectivity index (χ3n) is 6.89. The van der Waals surface area contributed by atoms with E-state index >= 15 is 0 Å². The van der Waals surface area contributed by atoms with Crippen LogP contribution < -0.4 is 5.56 Å². The normalized spacial score (nSPS) is 17.8. The number of amides is 1. The molecule has 0 radical (unpaired) electrons. The first-order valence-corrected chi connectivity index (χ1v) is 12.7. The van der Waals surface area contributed by atoms with E-state index in [-0.39, 0.29) is 18.0 Å². The lowest BCUT2D eigenvalue weighted by Gasteiger charge is -2.35. The van der Waals surface area contributed by atoms with Gasteiger partial charge < -0.3 is 9.80 Å². The number of rotatable bonds is 6. The zero-order valence-electron chi connectivity index (χ0n) is 19.2. The number of carbonyl (C=O) groups excluding carboxylic acids is 1. The zero-order valence-corrected chi connectivity index (χ0v) is 20.0. The van der Waals surface area contributed by atoms with Gasteiger partial charge in [-0.1, -0.05) is 29.8 Å². The van der Waals surface area contributed by atoms with Crippen LogP contribution in [0.15, 0.2) is 40.8 Å². The van der Waals surface area contributed by atoms with E-state index in [2.05, 4.69) is 14.8 Å². The van der Waals surface area contributed by atoms with E-state index in [1.54, 1.807) is 0 Å². The molecule has 2 aliphatic rings. The highest BCUT2D eigenvalue weighted by atomic mass is 32.1. The molecule has 0 N–H and O–H groups in total. The minimum Gasteiger partial charge on any atom is -0.339 e. The summed E-state index contributed by atoms with van der Waals surface area (Å²) in [6.45, 7) is 9.96. The van der Waals surface area contributed by atoms with Crippen LogP contribution in [0.2, 0.25) is 0 Å². The van der Waals surface area contributed by atoms with Crippen LogP contribution in [0.25, 0.3) is 21.3 Å². The predicted molar refractivity (Wildman–Crippen MR) is 133 cm³/mol. The van der Waals surface area contributed by atoms with Gasteiger partial charge in [-0.25, -0.2) is 4.98 Å². The van der Waals surface area contributed by atoms with Gasteiger partial charge in [0.25, 0.3) is 5.56 Å². The Balaban J connectivity index is 1.24. The van der Waals surface area contributed by atoms with Crippen molar-refractivity contribution >= 4 is 27.5 Å². The summed E-state index contributed by atoms with van der Waals surface area (Å²) in [5.41, 5.74) is 2.92. The molecule has 0 saturated carbocycles. The molecule has 5 rings (SSSR count). The van der Waals surface area contributed by atoms with Crippen LogP contribution >= 0.6 is 11.3 Å². The van der Waals surface area contributed by atoms with E-state index in [9.17, 15) is 9.59 Å². The zero-order chi connectivity index (χ0) is 22.8. The van der Waals surface area contributed by atoms with Crippen LogP contribution in [0.3, 0.4) is 0 Å². The van der Waals surface area contributed by atoms with E-state index in [1.165, 1.54) is 53.7 Å². The quantitative estimate of drug-likeness (QED) is 0.560. The number of hydrogen-bond donors (Lipinski definition) is 0. The number of carbonyl (C=O) groups is 1. The number of nitrogens with zero attached hydrogens (tertiary/aromatic N) is 5. The minimum absolute atomic E-state index is 0.00967. The Bertz CT molecular complexity index is 1170. The van der Waals surface area contributed by atoms with Gasteiger partial charge in [-0.2, -0.15) is 0 Å². The molecule has 0 spiro atoms. The van der Waals surface area contributed by atoms with Gasteiger partial charge in [-0.15, -0.1) is 11.3 Å². The average molecular weight is 466 g/mol. The molecule has 33 heavy (non-hydrogen) atoms. The first-order chi connectivity index (χ1) is 16.1. The summed E-state index contributed by atoms with van der Waals surface area (Å²) in [6.07, 6.45) is 4.16. The lowest BCUT2D eigenvalue weighted by molar-refractivity contribution is -0.133. The molecular weight excluding hydrogens is 434 g/mol. The Kier molecular flexibility index (Phi) is 6.57. The second-order valence-corrected chi connectivity index (χ2v) is 10.0. The number of likely N-dealkylation sites (tertiary alicyclic amines) is 1. The number of aryl methyl sites for hydroxylation is 1. The minimum atomic E-state index is -0.144. The molecule has 3 aromatic rings. The summed E-state index contributed by atoms with van der Waals surface area (Å²) in [7, 11) is 0. The molecule has 7 nitrogen and oxygen atoms in total. The number of aromatic nitrogens is 2. The van der Waals surface area contributed by atoms with Crippen LogP contribution in [0.4, 0.5) is 0 Å². The van der Waals surface area contributed by atoms with Gasteiger partial charge in [-0.05, 0) is 38.4 Å². The van der Waals surface area contributed by atoms with Gasteiger partial charge in [0, 0.05) is 50.2 Å². The number of thiophene rings is 1. The average Bonchev–Trinajstić information content (AvgIpc) is 3.51. The van der Waals surface area contributed by atoms with Crippen molar-refractivity contribution in [1.29, 1.82) is 0 Å². The van der Waals surface area contributed by atoms with Crippen LogP contribution in [-0.2, 0) is 11.3 Å². The Morgan fingerprint density at radius 3 is 2.33 bits per heavy atom. The first kappa shape index (κ1) is 22.3. The number of hydrogen-bond acceptors (Lipinski definition) is 6. The molecule has 174 valence electrons. The summed E-state index contributed by atoms with van der Waals surface area (Å²) in [5.74, 6) is -0.00967. The van der Waals surface area contributed by atoms with Crippen molar-refractivity contribution in [3.63, 3.8) is 0 Å². The highest BCUT2D eigenvalue weighted by Gasteiger charge is 2.23.